The molecule has 0 aliphatic carbocycles. The summed E-state index contributed by atoms with van der Waals surface area (Å²) in [5.74, 6) is -0.0602. The third-order valence-corrected chi connectivity index (χ3v) is 3.26. The van der Waals surface area contributed by atoms with Gasteiger partial charge in [-0.25, -0.2) is 8.78 Å². The molecule has 1 atom stereocenters. The summed E-state index contributed by atoms with van der Waals surface area (Å²) in [6, 6.07) is 3.19. The van der Waals surface area contributed by atoms with Gasteiger partial charge in [0.15, 0.2) is 0 Å². The van der Waals surface area contributed by atoms with Crippen LogP contribution in [0, 0.1) is 17.6 Å². The molecule has 1 unspecified atom stereocenters. The van der Waals surface area contributed by atoms with E-state index in [1.807, 2.05) is 0 Å². The van der Waals surface area contributed by atoms with E-state index in [-0.39, 0.29) is 11.4 Å². The average molecular weight is 265 g/mol. The summed E-state index contributed by atoms with van der Waals surface area (Å²) in [7, 11) is 0. The van der Waals surface area contributed by atoms with Gasteiger partial charge in [0.2, 0.25) is 11.7 Å². The van der Waals surface area contributed by atoms with Crippen LogP contribution in [0.4, 0.5) is 8.78 Å². The topological polar surface area (TPSA) is 51.0 Å². The molecule has 0 saturated carbocycles. The molecule has 1 fully saturated rings. The second-order valence-corrected chi connectivity index (χ2v) is 4.70. The first-order valence-corrected chi connectivity index (χ1v) is 6.21. The first-order chi connectivity index (χ1) is 9.22. The van der Waals surface area contributed by atoms with Crippen molar-refractivity contribution < 1.29 is 13.3 Å². The molecule has 4 nitrogen and oxygen atoms in total. The SMILES string of the molecule is Fc1ccc(F)c(-c2noc(CC3CCNC3)n2)c1. The van der Waals surface area contributed by atoms with Crippen LogP contribution in [-0.4, -0.2) is 23.2 Å². The number of rotatable bonds is 3. The van der Waals surface area contributed by atoms with Crippen LogP contribution in [0.5, 0.6) is 0 Å². The van der Waals surface area contributed by atoms with E-state index < -0.39 is 11.6 Å². The molecular formula is C13H13F2N3O. The highest BCUT2D eigenvalue weighted by molar-refractivity contribution is 5.55. The molecule has 0 spiro atoms. The molecule has 19 heavy (non-hydrogen) atoms. The Bertz CT molecular complexity index is 579. The Morgan fingerprint density at radius 1 is 1.37 bits per heavy atom. The molecule has 1 N–H and O–H groups in total. The van der Waals surface area contributed by atoms with Crippen LogP contribution in [-0.2, 0) is 6.42 Å². The van der Waals surface area contributed by atoms with E-state index in [9.17, 15) is 8.78 Å². The fourth-order valence-electron chi connectivity index (χ4n) is 2.25. The van der Waals surface area contributed by atoms with E-state index in [4.69, 9.17) is 4.52 Å². The molecule has 2 heterocycles. The van der Waals surface area contributed by atoms with Gasteiger partial charge in [0, 0.05) is 6.42 Å². The Hall–Kier alpha value is -1.82. The number of nitrogens with zero attached hydrogens (tertiary/aromatic N) is 2. The highest BCUT2D eigenvalue weighted by Gasteiger charge is 2.19. The number of benzene rings is 1. The number of nitrogens with one attached hydrogen (secondary N) is 1. The lowest BCUT2D eigenvalue weighted by Gasteiger charge is -2.01. The molecule has 0 radical (unpaired) electrons. The minimum absolute atomic E-state index is 0.0274. The smallest absolute Gasteiger partial charge is 0.227 e. The minimum atomic E-state index is -0.559. The quantitative estimate of drug-likeness (QED) is 0.924. The Kier molecular flexibility index (Phi) is 3.25. The van der Waals surface area contributed by atoms with Crippen molar-refractivity contribution in [2.45, 2.75) is 12.8 Å². The maximum Gasteiger partial charge on any atom is 0.227 e. The number of hydrogen-bond donors (Lipinski definition) is 1. The predicted octanol–water partition coefficient (Wildman–Crippen LogP) is 2.17. The fraction of sp³-hybridized carbons (Fsp3) is 0.385. The second kappa shape index (κ2) is 5.05. The van der Waals surface area contributed by atoms with Gasteiger partial charge in [0.25, 0.3) is 0 Å². The zero-order valence-electron chi connectivity index (χ0n) is 10.2. The molecule has 100 valence electrons. The van der Waals surface area contributed by atoms with Crippen LogP contribution in [0.2, 0.25) is 0 Å². The lowest BCUT2D eigenvalue weighted by molar-refractivity contribution is 0.358. The molecule has 2 aromatic rings. The number of halogens is 2. The van der Waals surface area contributed by atoms with E-state index in [1.165, 1.54) is 0 Å². The summed E-state index contributed by atoms with van der Waals surface area (Å²) in [4.78, 5) is 4.13. The van der Waals surface area contributed by atoms with Crippen LogP contribution in [0.1, 0.15) is 12.3 Å². The van der Waals surface area contributed by atoms with Gasteiger partial charge in [-0.1, -0.05) is 5.16 Å². The highest BCUT2D eigenvalue weighted by atomic mass is 19.1. The molecule has 1 aromatic carbocycles. The molecule has 0 bridgehead atoms. The minimum Gasteiger partial charge on any atom is -0.339 e. The maximum atomic E-state index is 13.6. The van der Waals surface area contributed by atoms with Crippen molar-refractivity contribution in [3.8, 4) is 11.4 Å². The van der Waals surface area contributed by atoms with E-state index in [0.717, 1.165) is 37.7 Å². The Morgan fingerprint density at radius 2 is 2.26 bits per heavy atom. The standard InChI is InChI=1S/C13H13F2N3O/c14-9-1-2-11(15)10(6-9)13-17-12(19-18-13)5-8-3-4-16-7-8/h1-2,6,8,16H,3-5,7H2. The van der Waals surface area contributed by atoms with Gasteiger partial charge < -0.3 is 9.84 Å². The van der Waals surface area contributed by atoms with Crippen molar-refractivity contribution in [2.24, 2.45) is 5.92 Å². The molecule has 1 aromatic heterocycles. The van der Waals surface area contributed by atoms with Crippen LogP contribution in [0.25, 0.3) is 11.4 Å². The Labute approximate surface area is 108 Å². The van der Waals surface area contributed by atoms with Crippen molar-refractivity contribution in [1.29, 1.82) is 0 Å². The van der Waals surface area contributed by atoms with Gasteiger partial charge in [-0.2, -0.15) is 4.98 Å². The van der Waals surface area contributed by atoms with Crippen molar-refractivity contribution in [2.75, 3.05) is 13.1 Å². The van der Waals surface area contributed by atoms with E-state index in [1.54, 1.807) is 0 Å². The zero-order valence-corrected chi connectivity index (χ0v) is 10.2. The molecule has 1 aliphatic heterocycles. The van der Waals surface area contributed by atoms with E-state index in [2.05, 4.69) is 15.5 Å². The van der Waals surface area contributed by atoms with Crippen LogP contribution < -0.4 is 5.32 Å². The van der Waals surface area contributed by atoms with Crippen molar-refractivity contribution in [1.82, 2.24) is 15.5 Å². The van der Waals surface area contributed by atoms with Gasteiger partial charge in [-0.05, 0) is 43.6 Å². The van der Waals surface area contributed by atoms with E-state index in [0.29, 0.717) is 18.2 Å². The zero-order chi connectivity index (χ0) is 13.2. The van der Waals surface area contributed by atoms with E-state index >= 15 is 0 Å². The Balaban J connectivity index is 1.82. The molecular weight excluding hydrogens is 252 g/mol. The number of hydrogen-bond acceptors (Lipinski definition) is 4. The summed E-state index contributed by atoms with van der Waals surface area (Å²) in [6.07, 6.45) is 1.73. The third-order valence-electron chi connectivity index (χ3n) is 3.26. The lowest BCUT2D eigenvalue weighted by atomic mass is 10.1. The highest BCUT2D eigenvalue weighted by Crippen LogP contribution is 2.22. The van der Waals surface area contributed by atoms with Crippen molar-refractivity contribution >= 4 is 0 Å². The molecule has 6 heteroatoms. The summed E-state index contributed by atoms with van der Waals surface area (Å²) < 4.78 is 31.8. The molecule has 1 saturated heterocycles. The average Bonchev–Trinajstić information content (AvgIpc) is 3.04. The fourth-order valence-corrected chi connectivity index (χ4v) is 2.25. The van der Waals surface area contributed by atoms with Crippen LogP contribution in [0.3, 0.4) is 0 Å². The largest absolute Gasteiger partial charge is 0.339 e. The van der Waals surface area contributed by atoms with Crippen molar-refractivity contribution in [3.63, 3.8) is 0 Å². The molecule has 3 rings (SSSR count). The Morgan fingerprint density at radius 3 is 3.05 bits per heavy atom. The van der Waals surface area contributed by atoms with Gasteiger partial charge in [-0.3, -0.25) is 0 Å². The summed E-state index contributed by atoms with van der Waals surface area (Å²) in [6.45, 7) is 1.91. The van der Waals surface area contributed by atoms with Crippen LogP contribution in [0.15, 0.2) is 22.7 Å². The summed E-state index contributed by atoms with van der Waals surface area (Å²) >= 11 is 0. The monoisotopic (exact) mass is 265 g/mol. The van der Waals surface area contributed by atoms with Gasteiger partial charge in [0.1, 0.15) is 11.6 Å². The lowest BCUT2D eigenvalue weighted by Crippen LogP contribution is -2.10. The second-order valence-electron chi connectivity index (χ2n) is 4.70. The first-order valence-electron chi connectivity index (χ1n) is 6.21. The van der Waals surface area contributed by atoms with Gasteiger partial charge in [0.05, 0.1) is 5.56 Å². The molecule has 1 aliphatic rings. The predicted molar refractivity (Wildman–Crippen MR) is 64.3 cm³/mol. The maximum absolute atomic E-state index is 13.6. The first kappa shape index (κ1) is 12.2. The third kappa shape index (κ3) is 2.63. The van der Waals surface area contributed by atoms with Crippen LogP contribution >= 0.6 is 0 Å². The van der Waals surface area contributed by atoms with Gasteiger partial charge in [-0.15, -0.1) is 0 Å². The normalized spacial score (nSPS) is 18.9. The molecule has 0 amide bonds. The summed E-state index contributed by atoms with van der Waals surface area (Å²) in [5.41, 5.74) is 0.0274. The van der Waals surface area contributed by atoms with Gasteiger partial charge >= 0.3 is 0 Å². The number of aromatic nitrogens is 2. The summed E-state index contributed by atoms with van der Waals surface area (Å²) in [5, 5.41) is 6.97. The van der Waals surface area contributed by atoms with Crippen molar-refractivity contribution in [3.05, 3.63) is 35.7 Å².